The number of hydrogen-bond donors (Lipinski definition) is 1. The Kier molecular flexibility index (Phi) is 5.67. The molecule has 0 radical (unpaired) electrons. The van der Waals surface area contributed by atoms with E-state index < -0.39 is 5.91 Å². The second-order valence-electron chi connectivity index (χ2n) is 6.25. The third-order valence-corrected chi connectivity index (χ3v) is 4.47. The molecule has 0 atom stereocenters. The highest BCUT2D eigenvalue weighted by atomic mass is 35.5. The van der Waals surface area contributed by atoms with Gasteiger partial charge in [-0.1, -0.05) is 29.3 Å². The van der Waals surface area contributed by atoms with Gasteiger partial charge in [0.2, 0.25) is 0 Å². The zero-order valence-electron chi connectivity index (χ0n) is 15.4. The lowest BCUT2D eigenvalue weighted by Crippen LogP contribution is -2.22. The predicted octanol–water partition coefficient (Wildman–Crippen LogP) is 3.84. The van der Waals surface area contributed by atoms with Crippen molar-refractivity contribution in [2.24, 2.45) is 0 Å². The van der Waals surface area contributed by atoms with Crippen LogP contribution in [-0.4, -0.2) is 45.8 Å². The lowest BCUT2D eigenvalue weighted by Gasteiger charge is -2.12. The minimum absolute atomic E-state index is 0.139. The summed E-state index contributed by atoms with van der Waals surface area (Å²) in [5.74, 6) is -0.683. The fourth-order valence-electron chi connectivity index (χ4n) is 2.50. The first-order valence-corrected chi connectivity index (χ1v) is 9.04. The molecule has 1 aromatic heterocycles. The minimum Gasteiger partial charge on any atom is -0.345 e. The van der Waals surface area contributed by atoms with E-state index >= 15 is 0 Å². The van der Waals surface area contributed by atoms with Crippen LogP contribution in [-0.2, 0) is 0 Å². The van der Waals surface area contributed by atoms with Crippen molar-refractivity contribution in [2.45, 2.75) is 6.92 Å². The number of rotatable bonds is 4. The highest BCUT2D eigenvalue weighted by Gasteiger charge is 2.19. The molecule has 0 spiro atoms. The van der Waals surface area contributed by atoms with Gasteiger partial charge in [0.1, 0.15) is 0 Å². The average Bonchev–Trinajstić information content (AvgIpc) is 3.04. The molecule has 0 aliphatic carbocycles. The quantitative estimate of drug-likeness (QED) is 0.698. The molecule has 0 fully saturated rings. The lowest BCUT2D eigenvalue weighted by molar-refractivity contribution is 0.0827. The summed E-state index contributed by atoms with van der Waals surface area (Å²) < 4.78 is 0. The maximum atomic E-state index is 12.7. The molecule has 0 unspecified atom stereocenters. The van der Waals surface area contributed by atoms with Crippen molar-refractivity contribution < 1.29 is 9.59 Å². The van der Waals surface area contributed by atoms with Crippen LogP contribution in [0.4, 0.5) is 5.69 Å². The molecule has 0 bridgehead atoms. The first-order chi connectivity index (χ1) is 13.3. The van der Waals surface area contributed by atoms with Crippen LogP contribution >= 0.6 is 23.2 Å². The number of amides is 2. The normalized spacial score (nSPS) is 10.6. The van der Waals surface area contributed by atoms with Gasteiger partial charge >= 0.3 is 0 Å². The Bertz CT molecular complexity index is 1060. The van der Waals surface area contributed by atoms with Gasteiger partial charge in [-0.15, -0.1) is 5.10 Å². The summed E-state index contributed by atoms with van der Waals surface area (Å²) in [6, 6.07) is 11.7. The molecule has 0 aliphatic heterocycles. The van der Waals surface area contributed by atoms with Crippen molar-refractivity contribution in [3.05, 3.63) is 69.5 Å². The Morgan fingerprint density at radius 3 is 2.50 bits per heavy atom. The number of aryl methyl sites for hydroxylation is 1. The van der Waals surface area contributed by atoms with E-state index in [2.05, 4.69) is 15.5 Å². The Labute approximate surface area is 171 Å². The van der Waals surface area contributed by atoms with Crippen LogP contribution in [0.3, 0.4) is 0 Å². The molecule has 3 rings (SSSR count). The largest absolute Gasteiger partial charge is 0.345 e. The van der Waals surface area contributed by atoms with Gasteiger partial charge in [-0.2, -0.15) is 9.90 Å². The van der Waals surface area contributed by atoms with Crippen LogP contribution < -0.4 is 5.32 Å². The molecule has 144 valence electrons. The molecule has 28 heavy (non-hydrogen) atoms. The summed E-state index contributed by atoms with van der Waals surface area (Å²) in [4.78, 5) is 27.6. The smallest absolute Gasteiger partial charge is 0.278 e. The van der Waals surface area contributed by atoms with Crippen LogP contribution in [0.5, 0.6) is 0 Å². The predicted molar refractivity (Wildman–Crippen MR) is 109 cm³/mol. The van der Waals surface area contributed by atoms with Crippen molar-refractivity contribution >= 4 is 40.7 Å². The van der Waals surface area contributed by atoms with E-state index in [1.54, 1.807) is 57.4 Å². The molecule has 0 saturated heterocycles. The van der Waals surface area contributed by atoms with Gasteiger partial charge in [-0.25, -0.2) is 0 Å². The fraction of sp³-hybridized carbons (Fsp3) is 0.158. The molecule has 1 N–H and O–H groups in total. The molecule has 0 aliphatic rings. The van der Waals surface area contributed by atoms with Gasteiger partial charge < -0.3 is 10.2 Å². The van der Waals surface area contributed by atoms with Crippen molar-refractivity contribution in [3.8, 4) is 5.69 Å². The highest BCUT2D eigenvalue weighted by Crippen LogP contribution is 2.24. The summed E-state index contributed by atoms with van der Waals surface area (Å²) in [5.41, 5.74) is 1.93. The lowest BCUT2D eigenvalue weighted by atomic mass is 10.1. The Morgan fingerprint density at radius 1 is 1.07 bits per heavy atom. The minimum atomic E-state index is -0.484. The maximum Gasteiger partial charge on any atom is 0.278 e. The second-order valence-corrected chi connectivity index (χ2v) is 7.10. The topological polar surface area (TPSA) is 80.1 Å². The van der Waals surface area contributed by atoms with Crippen molar-refractivity contribution in [3.63, 3.8) is 0 Å². The molecular formula is C19H17Cl2N5O2. The van der Waals surface area contributed by atoms with E-state index in [0.717, 1.165) is 0 Å². The van der Waals surface area contributed by atoms with Crippen LogP contribution in [0, 0.1) is 6.92 Å². The van der Waals surface area contributed by atoms with Crippen molar-refractivity contribution in [2.75, 3.05) is 19.4 Å². The summed E-state index contributed by atoms with van der Waals surface area (Å²) in [5, 5.41) is 12.1. The number of halogens is 2. The maximum absolute atomic E-state index is 12.7. The zero-order valence-corrected chi connectivity index (χ0v) is 16.9. The first-order valence-electron chi connectivity index (χ1n) is 8.28. The summed E-state index contributed by atoms with van der Waals surface area (Å²) in [6.07, 6.45) is 0. The van der Waals surface area contributed by atoms with E-state index in [1.807, 2.05) is 0 Å². The second kappa shape index (κ2) is 8.00. The van der Waals surface area contributed by atoms with Crippen LogP contribution in [0.15, 0.2) is 42.5 Å². The van der Waals surface area contributed by atoms with Gasteiger partial charge in [0.25, 0.3) is 11.8 Å². The third kappa shape index (κ3) is 4.16. The summed E-state index contributed by atoms with van der Waals surface area (Å²) in [7, 11) is 3.29. The van der Waals surface area contributed by atoms with Crippen LogP contribution in [0.25, 0.3) is 5.69 Å². The van der Waals surface area contributed by atoms with Gasteiger partial charge in [-0.05, 0) is 43.3 Å². The molecule has 2 amide bonds. The molecule has 3 aromatic rings. The Morgan fingerprint density at radius 2 is 1.82 bits per heavy atom. The number of nitrogens with zero attached hydrogens (tertiary/aromatic N) is 4. The number of anilines is 1. The average molecular weight is 418 g/mol. The van der Waals surface area contributed by atoms with E-state index in [9.17, 15) is 9.59 Å². The number of aromatic nitrogens is 3. The molecule has 7 nitrogen and oxygen atoms in total. The van der Waals surface area contributed by atoms with Gasteiger partial charge in [0, 0.05) is 24.7 Å². The molecule has 1 heterocycles. The number of benzene rings is 2. The zero-order chi connectivity index (χ0) is 20.4. The molecule has 2 aromatic carbocycles. The summed E-state index contributed by atoms with van der Waals surface area (Å²) in [6.45, 7) is 1.68. The monoisotopic (exact) mass is 417 g/mol. The van der Waals surface area contributed by atoms with Crippen LogP contribution in [0.2, 0.25) is 10.0 Å². The van der Waals surface area contributed by atoms with Gasteiger partial charge in [0.05, 0.1) is 22.1 Å². The standard InChI is InChI=1S/C19H17Cl2N5O2/c1-11-17(24-26(23-11)14-6-4-5-13(20)10-14)18(27)22-16-9-12(7-8-15(16)21)19(28)25(2)3/h4-10H,1-3H3,(H,22,27). The van der Waals surface area contributed by atoms with Crippen molar-refractivity contribution in [1.29, 1.82) is 0 Å². The third-order valence-electron chi connectivity index (χ3n) is 3.90. The number of carbonyl (C=O) groups excluding carboxylic acids is 2. The Balaban J connectivity index is 1.88. The van der Waals surface area contributed by atoms with Crippen molar-refractivity contribution in [1.82, 2.24) is 19.9 Å². The van der Waals surface area contributed by atoms with E-state index in [4.69, 9.17) is 23.2 Å². The van der Waals surface area contributed by atoms with Gasteiger partial charge in [0.15, 0.2) is 5.69 Å². The van der Waals surface area contributed by atoms with E-state index in [1.165, 1.54) is 15.8 Å². The van der Waals surface area contributed by atoms with E-state index in [0.29, 0.717) is 32.7 Å². The summed E-state index contributed by atoms with van der Waals surface area (Å²) >= 11 is 12.2. The SMILES string of the molecule is Cc1nn(-c2cccc(Cl)c2)nc1C(=O)Nc1cc(C(=O)N(C)C)ccc1Cl. The van der Waals surface area contributed by atoms with E-state index in [-0.39, 0.29) is 11.6 Å². The van der Waals surface area contributed by atoms with Gasteiger partial charge in [-0.3, -0.25) is 9.59 Å². The molecule has 0 saturated carbocycles. The highest BCUT2D eigenvalue weighted by molar-refractivity contribution is 6.34. The number of carbonyl (C=O) groups is 2. The number of nitrogens with one attached hydrogen (secondary N) is 1. The number of hydrogen-bond acceptors (Lipinski definition) is 4. The molecule has 9 heteroatoms. The Hall–Kier alpha value is -2.90. The van der Waals surface area contributed by atoms with Crippen LogP contribution in [0.1, 0.15) is 26.5 Å². The fourth-order valence-corrected chi connectivity index (χ4v) is 2.85. The first kappa shape index (κ1) is 19.9. The molecular weight excluding hydrogens is 401 g/mol.